The molecule has 0 spiro atoms. The molecule has 1 amide bonds. The number of ether oxygens (including phenoxy) is 2. The Kier molecular flexibility index (Phi) is 6.84. The molecule has 0 radical (unpaired) electrons. The third-order valence-corrected chi connectivity index (χ3v) is 4.06. The molecule has 0 aliphatic rings. The molecule has 0 saturated carbocycles. The predicted molar refractivity (Wildman–Crippen MR) is 112 cm³/mol. The normalized spacial score (nSPS) is 10.1. The van der Waals surface area contributed by atoms with Crippen LogP contribution in [0.25, 0.3) is 5.70 Å². The minimum Gasteiger partial charge on any atom is -0.494 e. The van der Waals surface area contributed by atoms with E-state index in [1.807, 2.05) is 55.5 Å². The fourth-order valence-corrected chi connectivity index (χ4v) is 2.53. The Morgan fingerprint density at radius 3 is 2.24 bits per heavy atom. The number of nitrogens with one attached hydrogen (secondary N) is 2. The lowest BCUT2D eigenvalue weighted by atomic mass is 10.1. The van der Waals surface area contributed by atoms with Crippen molar-refractivity contribution in [1.82, 2.24) is 15.8 Å². The Morgan fingerprint density at radius 1 is 0.931 bits per heavy atom. The molecule has 0 atom stereocenters. The molecule has 0 unspecified atom stereocenters. The number of hydrogen-bond donors (Lipinski definition) is 2. The lowest BCUT2D eigenvalue weighted by Crippen LogP contribution is -2.36. The van der Waals surface area contributed by atoms with Gasteiger partial charge in [-0.25, -0.2) is 0 Å². The van der Waals surface area contributed by atoms with Crippen molar-refractivity contribution < 1.29 is 14.3 Å². The van der Waals surface area contributed by atoms with E-state index in [1.54, 1.807) is 24.4 Å². The van der Waals surface area contributed by atoms with E-state index in [4.69, 9.17) is 9.47 Å². The standard InChI is InChI=1S/C23H23N3O3/c1-3-28-20-11-13-21(14-12-20)29-16-18-7-9-19(10-8-18)23(27)26-25-17(2)22-6-4-5-15-24-22/h4-15,25H,2-3,16H2,1H3,(H,26,27). The van der Waals surface area contributed by atoms with E-state index in [0.29, 0.717) is 30.2 Å². The van der Waals surface area contributed by atoms with Crippen LogP contribution in [0, 0.1) is 0 Å². The van der Waals surface area contributed by atoms with Crippen molar-refractivity contribution >= 4 is 11.6 Å². The van der Waals surface area contributed by atoms with Crippen LogP contribution in [0.3, 0.4) is 0 Å². The molecular weight excluding hydrogens is 366 g/mol. The second-order valence-electron chi connectivity index (χ2n) is 6.16. The number of carbonyl (C=O) groups excluding carboxylic acids is 1. The van der Waals surface area contributed by atoms with Crippen LogP contribution in [0.1, 0.15) is 28.5 Å². The van der Waals surface area contributed by atoms with Crippen LogP contribution >= 0.6 is 0 Å². The van der Waals surface area contributed by atoms with Crippen molar-refractivity contribution in [2.45, 2.75) is 13.5 Å². The van der Waals surface area contributed by atoms with Crippen LogP contribution in [-0.2, 0) is 6.61 Å². The maximum atomic E-state index is 12.3. The van der Waals surface area contributed by atoms with Crippen LogP contribution < -0.4 is 20.3 Å². The summed E-state index contributed by atoms with van der Waals surface area (Å²) >= 11 is 0. The minimum absolute atomic E-state index is 0.263. The van der Waals surface area contributed by atoms with Crippen molar-refractivity contribution in [3.63, 3.8) is 0 Å². The van der Waals surface area contributed by atoms with Gasteiger partial charge in [0.1, 0.15) is 18.1 Å². The van der Waals surface area contributed by atoms with E-state index in [-0.39, 0.29) is 5.91 Å². The highest BCUT2D eigenvalue weighted by Crippen LogP contribution is 2.18. The summed E-state index contributed by atoms with van der Waals surface area (Å²) in [5.41, 5.74) is 8.06. The summed E-state index contributed by atoms with van der Waals surface area (Å²) in [4.78, 5) is 16.4. The van der Waals surface area contributed by atoms with Gasteiger partial charge in [-0.15, -0.1) is 0 Å². The molecule has 29 heavy (non-hydrogen) atoms. The number of aromatic nitrogens is 1. The van der Waals surface area contributed by atoms with Gasteiger partial charge in [0, 0.05) is 11.8 Å². The van der Waals surface area contributed by atoms with E-state index >= 15 is 0 Å². The first-order valence-corrected chi connectivity index (χ1v) is 9.27. The number of hydrogen-bond acceptors (Lipinski definition) is 5. The van der Waals surface area contributed by atoms with Crippen molar-refractivity contribution in [1.29, 1.82) is 0 Å². The molecule has 0 bridgehead atoms. The summed E-state index contributed by atoms with van der Waals surface area (Å²) in [6.07, 6.45) is 1.66. The maximum absolute atomic E-state index is 12.3. The number of rotatable bonds is 9. The zero-order valence-corrected chi connectivity index (χ0v) is 16.2. The molecule has 1 heterocycles. The van der Waals surface area contributed by atoms with Crippen LogP contribution in [-0.4, -0.2) is 17.5 Å². The Hall–Kier alpha value is -3.80. The molecule has 2 N–H and O–H groups in total. The summed E-state index contributed by atoms with van der Waals surface area (Å²) < 4.78 is 11.2. The summed E-state index contributed by atoms with van der Waals surface area (Å²) in [5, 5.41) is 0. The van der Waals surface area contributed by atoms with Gasteiger partial charge in [0.15, 0.2) is 0 Å². The average Bonchev–Trinajstić information content (AvgIpc) is 2.78. The molecular formula is C23H23N3O3. The monoisotopic (exact) mass is 389 g/mol. The summed E-state index contributed by atoms with van der Waals surface area (Å²) in [5.74, 6) is 1.31. The Balaban J connectivity index is 1.48. The fourth-order valence-electron chi connectivity index (χ4n) is 2.53. The second kappa shape index (κ2) is 9.94. The molecule has 2 aromatic carbocycles. The van der Waals surface area contributed by atoms with Gasteiger partial charge in [-0.3, -0.25) is 20.6 Å². The molecule has 0 saturated heterocycles. The summed E-state index contributed by atoms with van der Waals surface area (Å²) in [6, 6.07) is 20.2. The topological polar surface area (TPSA) is 72.5 Å². The number of benzene rings is 2. The highest BCUT2D eigenvalue weighted by atomic mass is 16.5. The van der Waals surface area contributed by atoms with Gasteiger partial charge in [-0.2, -0.15) is 0 Å². The second-order valence-corrected chi connectivity index (χ2v) is 6.16. The molecule has 148 valence electrons. The zero-order chi connectivity index (χ0) is 20.5. The van der Waals surface area contributed by atoms with Gasteiger partial charge in [0.05, 0.1) is 18.0 Å². The van der Waals surface area contributed by atoms with Crippen molar-refractivity contribution in [3.05, 3.63) is 96.3 Å². The maximum Gasteiger partial charge on any atom is 0.269 e. The van der Waals surface area contributed by atoms with Crippen molar-refractivity contribution in [2.24, 2.45) is 0 Å². The van der Waals surface area contributed by atoms with E-state index in [0.717, 1.165) is 17.1 Å². The number of hydrazine groups is 1. The van der Waals surface area contributed by atoms with Gasteiger partial charge >= 0.3 is 0 Å². The molecule has 6 nitrogen and oxygen atoms in total. The molecule has 1 aromatic heterocycles. The highest BCUT2D eigenvalue weighted by molar-refractivity contribution is 5.94. The van der Waals surface area contributed by atoms with Crippen LogP contribution in [0.4, 0.5) is 0 Å². The minimum atomic E-state index is -0.263. The summed E-state index contributed by atoms with van der Waals surface area (Å²) in [6.45, 7) is 6.85. The Morgan fingerprint density at radius 2 is 1.62 bits per heavy atom. The SMILES string of the molecule is C=C(NNC(=O)c1ccc(COc2ccc(OCC)cc2)cc1)c1ccccn1. The van der Waals surface area contributed by atoms with Crippen molar-refractivity contribution in [2.75, 3.05) is 6.61 Å². The van der Waals surface area contributed by atoms with E-state index < -0.39 is 0 Å². The first-order valence-electron chi connectivity index (χ1n) is 9.27. The van der Waals surface area contributed by atoms with Gasteiger partial charge in [0.25, 0.3) is 5.91 Å². The molecule has 3 rings (SSSR count). The van der Waals surface area contributed by atoms with Crippen LogP contribution in [0.5, 0.6) is 11.5 Å². The largest absolute Gasteiger partial charge is 0.494 e. The molecule has 0 aliphatic heterocycles. The highest BCUT2D eigenvalue weighted by Gasteiger charge is 2.07. The van der Waals surface area contributed by atoms with E-state index in [9.17, 15) is 4.79 Å². The summed E-state index contributed by atoms with van der Waals surface area (Å²) in [7, 11) is 0. The van der Waals surface area contributed by atoms with Crippen LogP contribution in [0.15, 0.2) is 79.5 Å². The van der Waals surface area contributed by atoms with Gasteiger partial charge in [-0.05, 0) is 61.0 Å². The quantitative estimate of drug-likeness (QED) is 0.542. The number of carbonyl (C=O) groups is 1. The molecule has 0 fully saturated rings. The van der Waals surface area contributed by atoms with Gasteiger partial charge < -0.3 is 9.47 Å². The first-order chi connectivity index (χ1) is 14.2. The zero-order valence-electron chi connectivity index (χ0n) is 16.2. The first kappa shape index (κ1) is 19.9. The lowest BCUT2D eigenvalue weighted by Gasteiger charge is -2.11. The molecule has 3 aromatic rings. The van der Waals surface area contributed by atoms with Crippen molar-refractivity contribution in [3.8, 4) is 11.5 Å². The third kappa shape index (κ3) is 5.84. The molecule has 0 aliphatic carbocycles. The number of amides is 1. The Labute approximate surface area is 170 Å². The lowest BCUT2D eigenvalue weighted by molar-refractivity contribution is 0.0942. The van der Waals surface area contributed by atoms with E-state index in [1.165, 1.54) is 0 Å². The smallest absolute Gasteiger partial charge is 0.269 e. The third-order valence-electron chi connectivity index (χ3n) is 4.06. The predicted octanol–water partition coefficient (Wildman–Crippen LogP) is 3.96. The van der Waals surface area contributed by atoms with Crippen LogP contribution in [0.2, 0.25) is 0 Å². The Bertz CT molecular complexity index is 939. The van der Waals surface area contributed by atoms with Gasteiger partial charge in [0.2, 0.25) is 0 Å². The number of nitrogens with zero attached hydrogens (tertiary/aromatic N) is 1. The fraction of sp³-hybridized carbons (Fsp3) is 0.130. The number of pyridine rings is 1. The van der Waals surface area contributed by atoms with E-state index in [2.05, 4.69) is 22.4 Å². The molecule has 6 heteroatoms. The average molecular weight is 389 g/mol. The van der Waals surface area contributed by atoms with Gasteiger partial charge in [-0.1, -0.05) is 24.8 Å².